The van der Waals surface area contributed by atoms with Crippen LogP contribution in [0.25, 0.3) is 0 Å². The molecule has 0 aliphatic carbocycles. The van der Waals surface area contributed by atoms with E-state index >= 15 is 0 Å². The molecule has 0 spiro atoms. The fraction of sp³-hybridized carbons (Fsp3) is 0.750. The Labute approximate surface area is 88.5 Å². The molecule has 1 aliphatic rings. The van der Waals surface area contributed by atoms with E-state index < -0.39 is 0 Å². The van der Waals surface area contributed by atoms with Crippen molar-refractivity contribution >= 4 is 11.8 Å². The second-order valence-corrected chi connectivity index (χ2v) is 3.00. The fourth-order valence-corrected chi connectivity index (χ4v) is 0.691. The topological polar surface area (TPSA) is 0 Å². The summed E-state index contributed by atoms with van der Waals surface area (Å²) in [4.78, 5) is 0. The van der Waals surface area contributed by atoms with Crippen LogP contribution in [0.1, 0.15) is 8.35 Å². The maximum atomic E-state index is 3.79. The van der Waals surface area contributed by atoms with Crippen LogP contribution in [0, 0.1) is 6.92 Å². The Balaban J connectivity index is -0.0000000833. The molecule has 0 saturated carbocycles. The molecule has 2 unspecified atom stereocenters. The third-order valence-electron chi connectivity index (χ3n) is 0.836. The second-order valence-electron chi connectivity index (χ2n) is 1.38. The van der Waals surface area contributed by atoms with Crippen LogP contribution in [0.3, 0.4) is 0 Å². The fourth-order valence-electron chi connectivity index (χ4n) is 0.230. The van der Waals surface area contributed by atoms with Gasteiger partial charge in [0.25, 0.3) is 0 Å². The normalized spacial score (nSPS) is 35.1. The Morgan fingerprint density at radius 3 is 1.86 bits per heavy atom. The van der Waals surface area contributed by atoms with E-state index in [2.05, 4.69) is 13.8 Å². The molecule has 0 amide bonds. The smallest absolute Gasteiger partial charge is 1.00 e. The van der Waals surface area contributed by atoms with Gasteiger partial charge in [0.05, 0.1) is 0 Å². The Hall–Kier alpha value is 2.09. The Morgan fingerprint density at radius 2 is 1.86 bits per heavy atom. The molecular weight excluding hydrogens is 300 g/mol. The summed E-state index contributed by atoms with van der Waals surface area (Å²) in [5, 5.41) is 1.57. The van der Waals surface area contributed by atoms with Crippen LogP contribution in [-0.4, -0.2) is 10.5 Å². The van der Waals surface area contributed by atoms with Gasteiger partial charge in [-0.2, -0.15) is 11.8 Å². The average molecular weight is 308 g/mol. The summed E-state index contributed by atoms with van der Waals surface area (Å²) >= 11 is 1.94. The first-order valence-electron chi connectivity index (χ1n) is 1.79. The second kappa shape index (κ2) is 4.92. The van der Waals surface area contributed by atoms with Crippen LogP contribution < -0.4 is 29.6 Å². The van der Waals surface area contributed by atoms with Crippen molar-refractivity contribution in [2.24, 2.45) is 0 Å². The molecule has 0 aromatic carbocycles. The standard InChI is InChI=1S/C4H7S.Au.Na.H/c1-3-4(2)5-3;;;/h3-4H,1H2,2H3;;;/q-1;2*+1;-1. The van der Waals surface area contributed by atoms with Gasteiger partial charge in [-0.25, -0.2) is 0 Å². The minimum Gasteiger partial charge on any atom is -1.00 e. The third-order valence-corrected chi connectivity index (χ3v) is 2.04. The molecule has 0 radical (unpaired) electrons. The summed E-state index contributed by atoms with van der Waals surface area (Å²) in [6.45, 7) is 5.99. The molecule has 0 nitrogen and oxygen atoms in total. The first kappa shape index (κ1) is 11.8. The molecule has 1 rings (SSSR count). The maximum absolute atomic E-state index is 3.79. The van der Waals surface area contributed by atoms with Gasteiger partial charge in [-0.3, -0.25) is 0 Å². The summed E-state index contributed by atoms with van der Waals surface area (Å²) in [7, 11) is 0. The first-order valence-corrected chi connectivity index (χ1v) is 2.73. The van der Waals surface area contributed by atoms with Crippen molar-refractivity contribution in [1.29, 1.82) is 0 Å². The van der Waals surface area contributed by atoms with Gasteiger partial charge in [-0.05, 0) is 5.25 Å². The Morgan fingerprint density at radius 1 is 1.71 bits per heavy atom. The van der Waals surface area contributed by atoms with Gasteiger partial charge >= 0.3 is 51.9 Å². The molecule has 0 bridgehead atoms. The monoisotopic (exact) mass is 308 g/mol. The first-order chi connectivity index (χ1) is 2.30. The zero-order valence-corrected chi connectivity index (χ0v) is 9.55. The Kier molecular flexibility index (Phi) is 8.32. The van der Waals surface area contributed by atoms with E-state index in [0.717, 1.165) is 10.5 Å². The molecule has 1 fully saturated rings. The molecule has 7 heavy (non-hydrogen) atoms. The zero-order chi connectivity index (χ0) is 3.86. The number of hydrogen-bond donors (Lipinski definition) is 0. The summed E-state index contributed by atoms with van der Waals surface area (Å²) in [5.41, 5.74) is 0. The van der Waals surface area contributed by atoms with E-state index in [1.54, 1.807) is 0 Å². The van der Waals surface area contributed by atoms with Crippen molar-refractivity contribution in [2.45, 2.75) is 17.4 Å². The van der Waals surface area contributed by atoms with E-state index in [9.17, 15) is 0 Å². The average Bonchev–Trinajstić information content (AvgIpc) is 1.79. The minimum atomic E-state index is 0. The summed E-state index contributed by atoms with van der Waals surface area (Å²) < 4.78 is 0. The number of thioether (sulfide) groups is 1. The van der Waals surface area contributed by atoms with Crippen LogP contribution in [-0.2, 0) is 22.4 Å². The van der Waals surface area contributed by atoms with Crippen molar-refractivity contribution in [3.8, 4) is 0 Å². The van der Waals surface area contributed by atoms with Gasteiger partial charge in [-0.15, -0.1) is 5.25 Å². The molecule has 1 aliphatic heterocycles. The molecular formula is C4H8AuNaS. The van der Waals surface area contributed by atoms with Crippen LogP contribution in [0.4, 0.5) is 0 Å². The van der Waals surface area contributed by atoms with Gasteiger partial charge in [0.2, 0.25) is 0 Å². The van der Waals surface area contributed by atoms with Gasteiger partial charge < -0.3 is 8.35 Å². The van der Waals surface area contributed by atoms with Crippen LogP contribution in [0.2, 0.25) is 0 Å². The van der Waals surface area contributed by atoms with E-state index in [0.29, 0.717) is 0 Å². The SMILES string of the molecule is [Au+].[CH2-]C1SC1C.[H-].[Na+]. The van der Waals surface area contributed by atoms with E-state index in [4.69, 9.17) is 0 Å². The predicted octanol–water partition coefficient (Wildman–Crippen LogP) is -1.56. The van der Waals surface area contributed by atoms with E-state index in [1.807, 2.05) is 11.8 Å². The van der Waals surface area contributed by atoms with Gasteiger partial charge in [-0.1, -0.05) is 6.92 Å². The summed E-state index contributed by atoms with van der Waals surface area (Å²) in [6, 6.07) is 0. The largest absolute Gasteiger partial charge is 1.00 e. The summed E-state index contributed by atoms with van der Waals surface area (Å²) in [5.74, 6) is 0. The Bertz CT molecular complexity index is 49.3. The molecule has 42 valence electrons. The quantitative estimate of drug-likeness (QED) is 0.296. The van der Waals surface area contributed by atoms with Crippen molar-refractivity contribution in [1.82, 2.24) is 0 Å². The van der Waals surface area contributed by atoms with Crippen LogP contribution in [0.5, 0.6) is 0 Å². The van der Waals surface area contributed by atoms with E-state index in [-0.39, 0.29) is 53.4 Å². The number of rotatable bonds is 0. The molecule has 0 aromatic rings. The molecule has 1 saturated heterocycles. The van der Waals surface area contributed by atoms with Crippen molar-refractivity contribution < 1.29 is 53.4 Å². The van der Waals surface area contributed by atoms with Crippen LogP contribution >= 0.6 is 11.8 Å². The van der Waals surface area contributed by atoms with Crippen molar-refractivity contribution in [2.75, 3.05) is 0 Å². The van der Waals surface area contributed by atoms with Crippen LogP contribution in [0.15, 0.2) is 0 Å². The van der Waals surface area contributed by atoms with Crippen molar-refractivity contribution in [3.63, 3.8) is 0 Å². The van der Waals surface area contributed by atoms with Gasteiger partial charge in [0.15, 0.2) is 0 Å². The predicted molar refractivity (Wildman–Crippen MR) is 27.3 cm³/mol. The van der Waals surface area contributed by atoms with Gasteiger partial charge in [0, 0.05) is 0 Å². The molecule has 3 heteroatoms. The number of hydrogen-bond acceptors (Lipinski definition) is 1. The molecule has 2 atom stereocenters. The van der Waals surface area contributed by atoms with Gasteiger partial charge in [0.1, 0.15) is 0 Å². The third kappa shape index (κ3) is 4.58. The summed E-state index contributed by atoms with van der Waals surface area (Å²) in [6.07, 6.45) is 0. The molecule has 0 N–H and O–H groups in total. The van der Waals surface area contributed by atoms with E-state index in [1.165, 1.54) is 0 Å². The maximum Gasteiger partial charge on any atom is 1.00 e. The van der Waals surface area contributed by atoms with Crippen molar-refractivity contribution in [3.05, 3.63) is 6.92 Å². The minimum absolute atomic E-state index is 0. The molecule has 0 aromatic heterocycles. The molecule has 1 heterocycles. The zero-order valence-electron chi connectivity index (χ0n) is 5.57.